The molecule has 6 aliphatic rings. The number of carbonyl (C=O) groups excluding carboxylic acids is 3. The first kappa shape index (κ1) is 97.8. The molecule has 0 aromatic carbocycles. The van der Waals surface area contributed by atoms with E-state index in [4.69, 9.17) is 56.8 Å². The van der Waals surface area contributed by atoms with Crippen LogP contribution in [0.25, 0.3) is 0 Å². The average Bonchev–Trinajstić information content (AvgIpc) is 0.768. The van der Waals surface area contributed by atoms with Crippen molar-refractivity contribution in [3.63, 3.8) is 0 Å². The number of hydrogen-bond acceptors (Lipinski definition) is 33. The van der Waals surface area contributed by atoms with Crippen LogP contribution in [0.3, 0.4) is 0 Å². The van der Waals surface area contributed by atoms with E-state index < -0.39 is 254 Å². The summed E-state index contributed by atoms with van der Waals surface area (Å²) in [6.07, 6.45) is -20.5. The Morgan fingerprint density at radius 1 is 0.348 bits per heavy atom. The average molecular weight is 1620 g/mol. The van der Waals surface area contributed by atoms with E-state index in [-0.39, 0.29) is 12.3 Å². The van der Waals surface area contributed by atoms with E-state index in [1.165, 1.54) is 109 Å². The molecule has 0 aliphatic carbocycles. The molecule has 6 fully saturated rings. The van der Waals surface area contributed by atoms with Crippen LogP contribution in [0.2, 0.25) is 0 Å². The Hall–Kier alpha value is -3.05. The van der Waals surface area contributed by atoms with Crippen LogP contribution in [0, 0.1) is 0 Å². The van der Waals surface area contributed by atoms with Crippen molar-refractivity contribution in [3.8, 4) is 0 Å². The number of amides is 3. The lowest BCUT2D eigenvalue weighted by Crippen LogP contribution is -2.71. The van der Waals surface area contributed by atoms with Gasteiger partial charge in [-0.05, 0) is 19.3 Å². The third-order valence-corrected chi connectivity index (χ3v) is 21.7. The molecule has 21 N–H and O–H groups in total. The zero-order chi connectivity index (χ0) is 82.0. The van der Waals surface area contributed by atoms with Gasteiger partial charge in [-0.25, -0.2) is 0 Å². The molecule has 36 nitrogen and oxygen atoms in total. The molecule has 12 unspecified atom stereocenters. The second-order valence-corrected chi connectivity index (χ2v) is 30.7. The van der Waals surface area contributed by atoms with Crippen molar-refractivity contribution in [2.45, 2.75) is 404 Å². The first-order chi connectivity index (χ1) is 53.8. The summed E-state index contributed by atoms with van der Waals surface area (Å²) in [6, 6.07) is -4.64. The summed E-state index contributed by atoms with van der Waals surface area (Å²) >= 11 is 0. The van der Waals surface area contributed by atoms with Gasteiger partial charge in [0.25, 0.3) is 0 Å². The molecular formula is C76H137N3O33. The summed E-state index contributed by atoms with van der Waals surface area (Å²) in [5.41, 5.74) is 0. The van der Waals surface area contributed by atoms with Gasteiger partial charge >= 0.3 is 0 Å². The Kier molecular flexibility index (Phi) is 45.5. The second-order valence-electron chi connectivity index (χ2n) is 30.7. The molecule has 0 radical (unpaired) electrons. The van der Waals surface area contributed by atoms with Gasteiger partial charge in [0.1, 0.15) is 146 Å². The van der Waals surface area contributed by atoms with Crippen molar-refractivity contribution in [1.82, 2.24) is 16.0 Å². The van der Waals surface area contributed by atoms with Crippen LogP contribution in [0.15, 0.2) is 12.2 Å². The fourth-order valence-corrected chi connectivity index (χ4v) is 15.1. The molecule has 6 rings (SSSR count). The van der Waals surface area contributed by atoms with E-state index in [1.54, 1.807) is 6.08 Å². The maximum absolute atomic E-state index is 13.5. The maximum atomic E-state index is 13.5. The predicted octanol–water partition coefficient (Wildman–Crippen LogP) is -2.42. The number of hydrogen-bond donors (Lipinski definition) is 21. The summed E-state index contributed by atoms with van der Waals surface area (Å²) in [4.78, 5) is 39.2. The number of nitrogens with one attached hydrogen (secondary N) is 3. The number of rotatable bonds is 52. The van der Waals surface area contributed by atoms with Gasteiger partial charge in [-0.1, -0.05) is 180 Å². The van der Waals surface area contributed by atoms with Gasteiger partial charge in [-0.15, -0.1) is 0 Å². The van der Waals surface area contributed by atoms with Crippen molar-refractivity contribution >= 4 is 17.7 Å². The summed E-state index contributed by atoms with van der Waals surface area (Å²) in [5, 5.41) is 208. The number of carbonyl (C=O) groups is 3. The number of ether oxygens (including phenoxy) is 12. The van der Waals surface area contributed by atoms with Crippen molar-refractivity contribution in [2.75, 3.05) is 46.2 Å². The zero-order valence-corrected chi connectivity index (χ0v) is 65.6. The highest BCUT2D eigenvalue weighted by Crippen LogP contribution is 2.38. The first-order valence-electron chi connectivity index (χ1n) is 41.0. The van der Waals surface area contributed by atoms with Crippen molar-refractivity contribution < 1.29 is 163 Å². The summed E-state index contributed by atoms with van der Waals surface area (Å²) < 4.78 is 70.9. The van der Waals surface area contributed by atoms with Gasteiger partial charge in [-0.2, -0.15) is 0 Å². The molecule has 0 aromatic rings. The Balaban J connectivity index is 1.09. The summed E-state index contributed by atoms with van der Waals surface area (Å²) in [7, 11) is 0. The Morgan fingerprint density at radius 2 is 0.679 bits per heavy atom. The van der Waals surface area contributed by atoms with Crippen LogP contribution in [-0.4, -0.2) is 352 Å². The molecule has 32 atom stereocenters. The number of aliphatic hydroxyl groups excluding tert-OH is 18. The zero-order valence-electron chi connectivity index (χ0n) is 65.6. The largest absolute Gasteiger partial charge is 0.394 e. The highest BCUT2D eigenvalue weighted by atomic mass is 16.8. The smallest absolute Gasteiger partial charge is 0.220 e. The van der Waals surface area contributed by atoms with Gasteiger partial charge in [0.15, 0.2) is 37.7 Å². The fourth-order valence-electron chi connectivity index (χ4n) is 15.1. The molecule has 0 spiro atoms. The lowest BCUT2D eigenvalue weighted by molar-refractivity contribution is -0.385. The van der Waals surface area contributed by atoms with Crippen LogP contribution in [0.1, 0.15) is 207 Å². The highest BCUT2D eigenvalue weighted by Gasteiger charge is 2.59. The topological polar surface area (TPSA) is 562 Å². The molecule has 112 heavy (non-hydrogen) atoms. The quantitative estimate of drug-likeness (QED) is 0.0222. The third kappa shape index (κ3) is 29.4. The van der Waals surface area contributed by atoms with Crippen LogP contribution < -0.4 is 16.0 Å². The van der Waals surface area contributed by atoms with E-state index in [0.717, 1.165) is 65.2 Å². The van der Waals surface area contributed by atoms with Gasteiger partial charge in [0.2, 0.25) is 17.7 Å². The van der Waals surface area contributed by atoms with E-state index in [1.807, 2.05) is 6.08 Å². The molecule has 6 saturated heterocycles. The monoisotopic (exact) mass is 1620 g/mol. The lowest BCUT2D eigenvalue weighted by atomic mass is 9.93. The summed E-state index contributed by atoms with van der Waals surface area (Å²) in [5.74, 6) is -2.05. The fraction of sp³-hybridized carbons (Fsp3) is 0.934. The SMILES string of the molecule is CCCCCCCCCCCCC/C=C/[C@@H](O)[C@H](CO[C@@H]1OC(CO)[C@@H](O[C@@H]2OC(CO)[C@H](O[C@@H]3OC(CO)[C@H](O)[C@H](O[C@@H]4OC(CO)[C@H](O)[C@H](O[C@@H]5OC(CO)[C@@H](O[C@@H]6OC(CO)[C@H](O)[C@H](O)C6O)[C@H](O)C5NC(C)=O)C4O)C3NC(C)=O)[C@H](O)C2O)[C@H](O)C1O)NC(=O)CCCCCCCCCCCCCCCCC. The molecule has 6 aliphatic heterocycles. The van der Waals surface area contributed by atoms with Crippen molar-refractivity contribution in [3.05, 3.63) is 12.2 Å². The van der Waals surface area contributed by atoms with Gasteiger partial charge < -0.3 is 165 Å². The van der Waals surface area contributed by atoms with E-state index in [2.05, 4.69) is 29.8 Å². The van der Waals surface area contributed by atoms with Crippen LogP contribution >= 0.6 is 0 Å². The molecule has 654 valence electrons. The Labute approximate surface area is 656 Å². The summed E-state index contributed by atoms with van der Waals surface area (Å²) in [6.45, 7) is 0.0703. The molecule has 0 aromatic heterocycles. The number of aliphatic hydroxyl groups is 18. The minimum atomic E-state index is -2.27. The number of unbranched alkanes of at least 4 members (excludes halogenated alkanes) is 25. The van der Waals surface area contributed by atoms with Gasteiger partial charge in [0, 0.05) is 20.3 Å². The molecular weight excluding hydrogens is 1480 g/mol. The Bertz CT molecular complexity index is 2600. The number of allylic oxidation sites excluding steroid dienone is 1. The maximum Gasteiger partial charge on any atom is 0.220 e. The minimum Gasteiger partial charge on any atom is -0.394 e. The van der Waals surface area contributed by atoms with Gasteiger partial charge in [-0.3, -0.25) is 14.4 Å². The van der Waals surface area contributed by atoms with Crippen molar-refractivity contribution in [2.24, 2.45) is 0 Å². The molecule has 3 amide bonds. The predicted molar refractivity (Wildman–Crippen MR) is 394 cm³/mol. The molecule has 0 bridgehead atoms. The van der Waals surface area contributed by atoms with E-state index in [0.29, 0.717) is 12.8 Å². The molecule has 0 saturated carbocycles. The van der Waals surface area contributed by atoms with Crippen LogP contribution in [-0.2, 0) is 71.2 Å². The van der Waals surface area contributed by atoms with Crippen LogP contribution in [0.5, 0.6) is 0 Å². The van der Waals surface area contributed by atoms with Gasteiger partial charge in [0.05, 0.1) is 58.4 Å². The van der Waals surface area contributed by atoms with E-state index in [9.17, 15) is 106 Å². The third-order valence-electron chi connectivity index (χ3n) is 21.7. The lowest BCUT2D eigenvalue weighted by Gasteiger charge is -2.51. The first-order valence-corrected chi connectivity index (χ1v) is 41.0. The van der Waals surface area contributed by atoms with E-state index >= 15 is 0 Å². The Morgan fingerprint density at radius 3 is 1.14 bits per heavy atom. The molecule has 6 heterocycles. The molecule has 36 heteroatoms. The van der Waals surface area contributed by atoms with Crippen molar-refractivity contribution in [1.29, 1.82) is 0 Å². The normalized spacial score (nSPS) is 37.2. The highest BCUT2D eigenvalue weighted by molar-refractivity contribution is 5.76. The second kappa shape index (κ2) is 52.1. The van der Waals surface area contributed by atoms with Crippen LogP contribution in [0.4, 0.5) is 0 Å². The minimum absolute atomic E-state index is 0.180. The standard InChI is InChI=1S/C76H137N3O33/c1-5-7-9-11-13-15-17-19-20-22-24-26-28-30-32-34-52(89)79-44(45(88)33-31-29-27-25-23-21-18-16-14-12-10-8-6-2)41-101-73-63(98)60(95)68(50(39-84)106-73)110-75-64(99)61(96)67(51(40-85)107-75)108-72-54(78-43(4)87)69(56(91)47(36-81)102-72)111-76-65(100)70(57(92)48(37-82)104-76)112-71-53(77-42(3)86)58(93)66(49(38-83)105-71)109-74-62(97)59(94)55(90)46(35-80)103-74/h31,33,44-51,53-76,80-85,88,90-100H,5-30,32,34-41H2,1-4H3,(H,77,86)(H,78,87)(H,79,89)/b33-31+/t44-,45+,46?,47?,48?,49?,50?,51?,53?,54?,55-,56-,57-,58+,59-,60+,61+,62?,63?,64?,65?,66+,67-,68+,69+,70-,71-,72-,73+,74-,75-,76-/m0/s1.